The molecule has 0 atom stereocenters. The molecule has 9 heteroatoms. The number of nitro benzene ring substituents is 1. The number of nitrogens with zero attached hydrogens (tertiary/aromatic N) is 1. The number of rotatable bonds is 6. The molecule has 0 spiro atoms. The highest BCUT2D eigenvalue weighted by Crippen LogP contribution is 2.27. The third-order valence-electron chi connectivity index (χ3n) is 2.93. The van der Waals surface area contributed by atoms with Crippen molar-refractivity contribution in [3.63, 3.8) is 0 Å². The van der Waals surface area contributed by atoms with Gasteiger partial charge in [0.15, 0.2) is 18.2 Å². The molecule has 8 nitrogen and oxygen atoms in total. The highest BCUT2D eigenvalue weighted by molar-refractivity contribution is 6.32. The lowest BCUT2D eigenvalue weighted by Gasteiger charge is -2.11. The smallest absolute Gasteiger partial charge is 0.321 e. The molecule has 0 heterocycles. The fourth-order valence-electron chi connectivity index (χ4n) is 1.82. The number of ether oxygens (including phenoxy) is 2. The van der Waals surface area contributed by atoms with Gasteiger partial charge in [-0.15, -0.1) is 0 Å². The summed E-state index contributed by atoms with van der Waals surface area (Å²) >= 11 is 5.71. The van der Waals surface area contributed by atoms with Crippen LogP contribution < -0.4 is 20.1 Å². The molecular weight excluding hydrogens is 338 g/mol. The number of carbonyl (C=O) groups excluding carboxylic acids is 1. The molecule has 0 aliphatic carbocycles. The fraction of sp³-hybridized carbons (Fsp3) is 0.133. The molecule has 0 bridgehead atoms. The van der Waals surface area contributed by atoms with Crippen LogP contribution in [0.5, 0.6) is 11.5 Å². The summed E-state index contributed by atoms with van der Waals surface area (Å²) in [6.45, 7) is -0.109. The summed E-state index contributed by atoms with van der Waals surface area (Å²) in [4.78, 5) is 22.0. The van der Waals surface area contributed by atoms with Crippen LogP contribution in [0.1, 0.15) is 0 Å². The molecule has 0 aliphatic heterocycles. The van der Waals surface area contributed by atoms with E-state index in [-0.39, 0.29) is 23.1 Å². The molecule has 0 saturated heterocycles. The van der Waals surface area contributed by atoms with Gasteiger partial charge in [0.2, 0.25) is 0 Å². The van der Waals surface area contributed by atoms with Crippen molar-refractivity contribution in [2.45, 2.75) is 0 Å². The Hall–Kier alpha value is -3.00. The predicted molar refractivity (Wildman–Crippen MR) is 88.7 cm³/mol. The molecule has 126 valence electrons. The zero-order valence-corrected chi connectivity index (χ0v) is 13.4. The van der Waals surface area contributed by atoms with Crippen molar-refractivity contribution in [1.82, 2.24) is 5.32 Å². The van der Waals surface area contributed by atoms with Crippen molar-refractivity contribution in [1.29, 1.82) is 0 Å². The van der Waals surface area contributed by atoms with E-state index in [1.807, 2.05) is 0 Å². The van der Waals surface area contributed by atoms with Crippen molar-refractivity contribution in [2.75, 3.05) is 19.2 Å². The number of para-hydroxylation sites is 2. The first-order chi connectivity index (χ1) is 11.5. The molecule has 0 unspecified atom stereocenters. The van der Waals surface area contributed by atoms with Crippen molar-refractivity contribution < 1.29 is 19.2 Å². The Labute approximate surface area is 142 Å². The van der Waals surface area contributed by atoms with Gasteiger partial charge < -0.3 is 20.1 Å². The van der Waals surface area contributed by atoms with E-state index in [4.69, 9.17) is 21.1 Å². The van der Waals surface area contributed by atoms with Crippen molar-refractivity contribution in [3.8, 4) is 11.5 Å². The summed E-state index contributed by atoms with van der Waals surface area (Å²) in [5, 5.41) is 15.7. The molecule has 2 rings (SSSR count). The number of nitrogens with one attached hydrogen (secondary N) is 2. The third-order valence-corrected chi connectivity index (χ3v) is 3.25. The van der Waals surface area contributed by atoms with Crippen molar-refractivity contribution >= 4 is 29.0 Å². The Morgan fingerprint density at radius 3 is 2.62 bits per heavy atom. The number of urea groups is 1. The average molecular weight is 352 g/mol. The number of methoxy groups -OCH3 is 1. The highest BCUT2D eigenvalue weighted by Gasteiger charge is 2.13. The Morgan fingerprint density at radius 2 is 1.96 bits per heavy atom. The van der Waals surface area contributed by atoms with Crippen LogP contribution in [0.2, 0.25) is 5.02 Å². The van der Waals surface area contributed by atoms with Gasteiger partial charge in [-0.25, -0.2) is 4.79 Å². The SMILES string of the molecule is COc1ccccc1OCNC(=O)Nc1ccc(Cl)c([N+](=O)[O-])c1. The topological polar surface area (TPSA) is 103 Å². The summed E-state index contributed by atoms with van der Waals surface area (Å²) in [5.74, 6) is 1.01. The first-order valence-electron chi connectivity index (χ1n) is 6.76. The van der Waals surface area contributed by atoms with Gasteiger partial charge in [-0.05, 0) is 24.3 Å². The van der Waals surface area contributed by atoms with E-state index >= 15 is 0 Å². The molecule has 0 fully saturated rings. The maximum absolute atomic E-state index is 11.8. The maximum Gasteiger partial charge on any atom is 0.321 e. The molecule has 2 aromatic rings. The monoisotopic (exact) mass is 351 g/mol. The van der Waals surface area contributed by atoms with Crippen LogP contribution in [-0.4, -0.2) is 24.8 Å². The minimum atomic E-state index is -0.629. The number of carbonyl (C=O) groups is 1. The van der Waals surface area contributed by atoms with Crippen molar-refractivity contribution in [2.24, 2.45) is 0 Å². The van der Waals surface area contributed by atoms with E-state index < -0.39 is 11.0 Å². The average Bonchev–Trinajstić information content (AvgIpc) is 2.56. The number of anilines is 1. The summed E-state index contributed by atoms with van der Waals surface area (Å²) in [5.41, 5.74) is -0.0550. The Bertz CT molecular complexity index is 754. The normalized spacial score (nSPS) is 9.92. The van der Waals surface area contributed by atoms with Gasteiger partial charge in [-0.2, -0.15) is 0 Å². The van der Waals surface area contributed by atoms with Crippen LogP contribution in [0.4, 0.5) is 16.2 Å². The summed E-state index contributed by atoms with van der Waals surface area (Å²) in [7, 11) is 1.51. The van der Waals surface area contributed by atoms with E-state index in [1.54, 1.807) is 24.3 Å². The number of hydrogen-bond acceptors (Lipinski definition) is 5. The van der Waals surface area contributed by atoms with Gasteiger partial charge in [-0.1, -0.05) is 23.7 Å². The van der Waals surface area contributed by atoms with Crippen LogP contribution in [0.3, 0.4) is 0 Å². The van der Waals surface area contributed by atoms with Crippen molar-refractivity contribution in [3.05, 3.63) is 57.6 Å². The van der Waals surface area contributed by atoms with Crippen LogP contribution in [0.25, 0.3) is 0 Å². The van der Waals surface area contributed by atoms with Gasteiger partial charge >= 0.3 is 6.03 Å². The minimum absolute atomic E-state index is 0.00883. The van der Waals surface area contributed by atoms with Gasteiger partial charge in [0, 0.05) is 11.8 Å². The summed E-state index contributed by atoms with van der Waals surface area (Å²) in [6.07, 6.45) is 0. The number of hydrogen-bond donors (Lipinski definition) is 2. The second-order valence-corrected chi connectivity index (χ2v) is 4.90. The fourth-order valence-corrected chi connectivity index (χ4v) is 2.01. The molecule has 0 aliphatic rings. The summed E-state index contributed by atoms with van der Waals surface area (Å²) < 4.78 is 10.5. The first kappa shape index (κ1) is 17.4. The number of nitro groups is 1. The van der Waals surface area contributed by atoms with E-state index in [0.717, 1.165) is 0 Å². The molecule has 0 radical (unpaired) electrons. The summed E-state index contributed by atoms with van der Waals surface area (Å²) in [6, 6.07) is 10.4. The largest absolute Gasteiger partial charge is 0.493 e. The van der Waals surface area contributed by atoms with Gasteiger partial charge in [0.05, 0.1) is 12.0 Å². The van der Waals surface area contributed by atoms with E-state index in [0.29, 0.717) is 11.5 Å². The zero-order chi connectivity index (χ0) is 17.5. The second-order valence-electron chi connectivity index (χ2n) is 4.49. The quantitative estimate of drug-likeness (QED) is 0.471. The molecular formula is C15H14ClN3O5. The lowest BCUT2D eigenvalue weighted by Crippen LogP contribution is -2.32. The Kier molecular flexibility index (Phi) is 5.80. The molecule has 0 aromatic heterocycles. The third kappa shape index (κ3) is 4.50. The standard InChI is InChI=1S/C15H14ClN3O5/c1-23-13-4-2-3-5-14(13)24-9-17-15(20)18-10-6-7-11(16)12(8-10)19(21)22/h2-8H,9H2,1H3,(H2,17,18,20). The lowest BCUT2D eigenvalue weighted by molar-refractivity contribution is -0.384. The molecule has 24 heavy (non-hydrogen) atoms. The van der Waals surface area contributed by atoms with Crippen LogP contribution in [-0.2, 0) is 0 Å². The van der Waals surface area contributed by atoms with Gasteiger partial charge in [0.25, 0.3) is 5.69 Å². The number of amides is 2. The van der Waals surface area contributed by atoms with Gasteiger partial charge in [-0.3, -0.25) is 10.1 Å². The van der Waals surface area contributed by atoms with Crippen LogP contribution in [0, 0.1) is 10.1 Å². The number of halogens is 1. The minimum Gasteiger partial charge on any atom is -0.493 e. The predicted octanol–water partition coefficient (Wildman–Crippen LogP) is 3.41. The number of benzene rings is 2. The first-order valence-corrected chi connectivity index (χ1v) is 7.13. The second kappa shape index (κ2) is 8.02. The Balaban J connectivity index is 1.90. The molecule has 2 aromatic carbocycles. The zero-order valence-electron chi connectivity index (χ0n) is 12.6. The van der Waals surface area contributed by atoms with E-state index in [2.05, 4.69) is 10.6 Å². The molecule has 0 saturated carbocycles. The Morgan fingerprint density at radius 1 is 1.25 bits per heavy atom. The highest BCUT2D eigenvalue weighted by atomic mass is 35.5. The lowest BCUT2D eigenvalue weighted by atomic mass is 10.3. The molecule has 2 N–H and O–H groups in total. The van der Waals surface area contributed by atoms with Crippen LogP contribution >= 0.6 is 11.6 Å². The molecule has 2 amide bonds. The van der Waals surface area contributed by atoms with E-state index in [9.17, 15) is 14.9 Å². The van der Waals surface area contributed by atoms with Gasteiger partial charge in [0.1, 0.15) is 5.02 Å². The van der Waals surface area contributed by atoms with E-state index in [1.165, 1.54) is 25.3 Å². The maximum atomic E-state index is 11.8. The van der Waals surface area contributed by atoms with Crippen LogP contribution in [0.15, 0.2) is 42.5 Å².